The molecule has 0 aliphatic carbocycles. The lowest BCUT2D eigenvalue weighted by Crippen LogP contribution is -2.52. The molecule has 0 aromatic heterocycles. The Morgan fingerprint density at radius 2 is 1.52 bits per heavy atom. The van der Waals surface area contributed by atoms with Gasteiger partial charge in [0, 0.05) is 18.5 Å². The lowest BCUT2D eigenvalue weighted by atomic mass is 10.0. The van der Waals surface area contributed by atoms with Gasteiger partial charge in [-0.15, -0.1) is 0 Å². The fraction of sp³-hybridized carbons (Fsp3) is 0.440. The zero-order valence-electron chi connectivity index (χ0n) is 18.4. The van der Waals surface area contributed by atoms with Gasteiger partial charge in [-0.05, 0) is 57.2 Å². The van der Waals surface area contributed by atoms with E-state index >= 15 is 0 Å². The van der Waals surface area contributed by atoms with Crippen molar-refractivity contribution in [3.63, 3.8) is 0 Å². The minimum Gasteiger partial charge on any atom is -0.350 e. The molecule has 0 saturated carbocycles. The van der Waals surface area contributed by atoms with Gasteiger partial charge in [0.1, 0.15) is 6.04 Å². The summed E-state index contributed by atoms with van der Waals surface area (Å²) in [5.74, 6) is -0.140. The quantitative estimate of drug-likeness (QED) is 0.716. The van der Waals surface area contributed by atoms with Crippen molar-refractivity contribution in [3.05, 3.63) is 71.3 Å². The number of nitrogens with zero attached hydrogens (tertiary/aromatic N) is 1. The molecule has 0 aliphatic heterocycles. The van der Waals surface area contributed by atoms with Crippen LogP contribution in [-0.2, 0) is 29.0 Å². The largest absolute Gasteiger partial charge is 0.350 e. The van der Waals surface area contributed by atoms with Crippen LogP contribution in [0.3, 0.4) is 0 Å². The number of rotatable bonds is 8. The third-order valence-corrected chi connectivity index (χ3v) is 4.92. The summed E-state index contributed by atoms with van der Waals surface area (Å²) in [6.45, 7) is 10.2. The van der Waals surface area contributed by atoms with Gasteiger partial charge in [0.15, 0.2) is 0 Å². The number of carbonyl (C=O) groups excluding carboxylic acids is 2. The second-order valence-electron chi connectivity index (χ2n) is 8.59. The van der Waals surface area contributed by atoms with E-state index in [4.69, 9.17) is 0 Å². The van der Waals surface area contributed by atoms with Crippen molar-refractivity contribution >= 4 is 11.8 Å². The zero-order valence-corrected chi connectivity index (χ0v) is 18.4. The van der Waals surface area contributed by atoms with Crippen LogP contribution in [0.1, 0.15) is 57.7 Å². The van der Waals surface area contributed by atoms with Gasteiger partial charge in [0.05, 0.1) is 0 Å². The normalized spacial score (nSPS) is 12.3. The molecule has 0 saturated heterocycles. The second-order valence-corrected chi connectivity index (χ2v) is 8.59. The average molecular weight is 395 g/mol. The first-order chi connectivity index (χ1) is 13.7. The first-order valence-corrected chi connectivity index (χ1v) is 10.4. The molecule has 156 valence electrons. The molecule has 0 spiro atoms. The van der Waals surface area contributed by atoms with Gasteiger partial charge < -0.3 is 10.2 Å². The van der Waals surface area contributed by atoms with Gasteiger partial charge in [0.2, 0.25) is 11.8 Å². The number of amides is 2. The Morgan fingerprint density at radius 3 is 2.07 bits per heavy atom. The fourth-order valence-electron chi connectivity index (χ4n) is 3.17. The predicted octanol–water partition coefficient (Wildman–Crippen LogP) is 4.51. The lowest BCUT2D eigenvalue weighted by molar-refractivity contribution is -0.141. The molecule has 2 aromatic carbocycles. The van der Waals surface area contributed by atoms with Gasteiger partial charge in [-0.3, -0.25) is 9.59 Å². The van der Waals surface area contributed by atoms with Gasteiger partial charge in [-0.2, -0.15) is 0 Å². The third-order valence-electron chi connectivity index (χ3n) is 4.92. The third kappa shape index (κ3) is 7.37. The van der Waals surface area contributed by atoms with Gasteiger partial charge in [0.25, 0.3) is 0 Å². The van der Waals surface area contributed by atoms with E-state index in [-0.39, 0.29) is 17.4 Å². The Bertz CT molecular complexity index is 792. The number of hydrogen-bond acceptors (Lipinski definition) is 2. The monoisotopic (exact) mass is 394 g/mol. The zero-order chi connectivity index (χ0) is 21.4. The van der Waals surface area contributed by atoms with Crippen LogP contribution < -0.4 is 5.32 Å². The van der Waals surface area contributed by atoms with E-state index in [9.17, 15) is 9.59 Å². The van der Waals surface area contributed by atoms with E-state index in [1.807, 2.05) is 51.1 Å². The highest BCUT2D eigenvalue weighted by molar-refractivity contribution is 5.87. The van der Waals surface area contributed by atoms with Crippen molar-refractivity contribution in [2.45, 2.75) is 72.0 Å². The van der Waals surface area contributed by atoms with Crippen LogP contribution in [0.15, 0.2) is 54.6 Å². The van der Waals surface area contributed by atoms with Gasteiger partial charge in [-0.25, -0.2) is 0 Å². The summed E-state index contributed by atoms with van der Waals surface area (Å²) in [5, 5.41) is 2.99. The minimum atomic E-state index is -0.538. The van der Waals surface area contributed by atoms with E-state index in [0.29, 0.717) is 19.4 Å². The number of aryl methyl sites for hydroxylation is 2. The molecule has 4 heteroatoms. The first-order valence-electron chi connectivity index (χ1n) is 10.4. The maximum Gasteiger partial charge on any atom is 0.242 e. The molecular formula is C25H34N2O2. The summed E-state index contributed by atoms with van der Waals surface area (Å²) >= 11 is 0. The topological polar surface area (TPSA) is 49.4 Å². The molecule has 4 nitrogen and oxygen atoms in total. The van der Waals surface area contributed by atoms with Gasteiger partial charge in [-0.1, -0.05) is 61.5 Å². The smallest absolute Gasteiger partial charge is 0.242 e. The van der Waals surface area contributed by atoms with Gasteiger partial charge >= 0.3 is 0 Å². The molecule has 1 atom stereocenters. The van der Waals surface area contributed by atoms with Crippen LogP contribution in [0.25, 0.3) is 0 Å². The SMILES string of the molecule is CCc1ccc(CCC(=O)N(Cc2ccccc2)[C@@H](C)C(=O)NC(C)(C)C)cc1. The van der Waals surface area contributed by atoms with E-state index in [1.54, 1.807) is 11.8 Å². The number of benzene rings is 2. The van der Waals surface area contributed by atoms with Crippen LogP contribution in [-0.4, -0.2) is 28.3 Å². The molecule has 0 fully saturated rings. The number of hydrogen-bond donors (Lipinski definition) is 1. The standard InChI is InChI=1S/C25H34N2O2/c1-6-20-12-14-21(15-13-20)16-17-23(28)27(18-22-10-8-7-9-11-22)19(2)24(29)26-25(3,4)5/h7-15,19H,6,16-18H2,1-5H3,(H,26,29)/t19-/m0/s1. The maximum absolute atomic E-state index is 13.1. The van der Waals surface area contributed by atoms with Crippen molar-refractivity contribution < 1.29 is 9.59 Å². The molecule has 2 aromatic rings. The molecule has 0 heterocycles. The summed E-state index contributed by atoms with van der Waals surface area (Å²) in [4.78, 5) is 27.5. The molecule has 0 unspecified atom stereocenters. The molecule has 2 rings (SSSR count). The van der Waals surface area contributed by atoms with E-state index in [2.05, 4.69) is 36.5 Å². The Hall–Kier alpha value is -2.62. The molecule has 0 aliphatic rings. The van der Waals surface area contributed by atoms with E-state index < -0.39 is 6.04 Å². The molecule has 0 bridgehead atoms. The van der Waals surface area contributed by atoms with Crippen molar-refractivity contribution in [2.75, 3.05) is 0 Å². The number of nitrogens with one attached hydrogen (secondary N) is 1. The summed E-state index contributed by atoms with van der Waals surface area (Å²) in [5.41, 5.74) is 3.11. The highest BCUT2D eigenvalue weighted by Crippen LogP contribution is 2.14. The molecular weight excluding hydrogens is 360 g/mol. The molecule has 2 amide bonds. The van der Waals surface area contributed by atoms with Crippen LogP contribution in [0.5, 0.6) is 0 Å². The lowest BCUT2D eigenvalue weighted by Gasteiger charge is -2.31. The fourth-order valence-corrected chi connectivity index (χ4v) is 3.17. The Labute approximate surface area is 175 Å². The summed E-state index contributed by atoms with van der Waals surface area (Å²) in [6, 6.07) is 17.7. The van der Waals surface area contributed by atoms with E-state index in [0.717, 1.165) is 17.5 Å². The summed E-state index contributed by atoms with van der Waals surface area (Å²) in [7, 11) is 0. The van der Waals surface area contributed by atoms with Crippen LogP contribution in [0, 0.1) is 0 Å². The maximum atomic E-state index is 13.1. The molecule has 0 radical (unpaired) electrons. The predicted molar refractivity (Wildman–Crippen MR) is 118 cm³/mol. The van der Waals surface area contributed by atoms with Crippen molar-refractivity contribution in [1.82, 2.24) is 10.2 Å². The van der Waals surface area contributed by atoms with E-state index in [1.165, 1.54) is 5.56 Å². The first kappa shape index (κ1) is 22.7. The highest BCUT2D eigenvalue weighted by atomic mass is 16.2. The Morgan fingerprint density at radius 1 is 0.931 bits per heavy atom. The Balaban J connectivity index is 2.11. The van der Waals surface area contributed by atoms with Crippen LogP contribution in [0.4, 0.5) is 0 Å². The average Bonchev–Trinajstić information content (AvgIpc) is 2.69. The summed E-state index contributed by atoms with van der Waals surface area (Å²) in [6.07, 6.45) is 2.05. The van der Waals surface area contributed by atoms with Crippen molar-refractivity contribution in [3.8, 4) is 0 Å². The highest BCUT2D eigenvalue weighted by Gasteiger charge is 2.28. The summed E-state index contributed by atoms with van der Waals surface area (Å²) < 4.78 is 0. The molecule has 29 heavy (non-hydrogen) atoms. The van der Waals surface area contributed by atoms with Crippen LogP contribution in [0.2, 0.25) is 0 Å². The minimum absolute atomic E-state index is 0.00928. The van der Waals surface area contributed by atoms with Crippen molar-refractivity contribution in [1.29, 1.82) is 0 Å². The Kier molecular flexibility index (Phi) is 8.00. The van der Waals surface area contributed by atoms with Crippen LogP contribution >= 0.6 is 0 Å². The number of carbonyl (C=O) groups is 2. The second kappa shape index (κ2) is 10.2. The molecule has 1 N–H and O–H groups in total. The van der Waals surface area contributed by atoms with Crippen molar-refractivity contribution in [2.24, 2.45) is 0 Å².